The molecular weight excluding hydrogens is 224 g/mol. The van der Waals surface area contributed by atoms with Gasteiger partial charge in [0.1, 0.15) is 0 Å². The lowest BCUT2D eigenvalue weighted by molar-refractivity contribution is 0.0930. The van der Waals surface area contributed by atoms with Crippen molar-refractivity contribution in [2.24, 2.45) is 0 Å². The van der Waals surface area contributed by atoms with E-state index in [9.17, 15) is 0 Å². The summed E-state index contributed by atoms with van der Waals surface area (Å²) in [6.45, 7) is 3.47. The molecule has 1 aliphatic rings. The standard InChI is InChI=1S/C15H18N2O/c1-2-5-13(6-3-1)11-18-12-14-15-7-4-9-17(15)10-8-16-14/h1-7,9,14,16H,8,10-12H2. The van der Waals surface area contributed by atoms with Crippen LogP contribution < -0.4 is 5.32 Å². The summed E-state index contributed by atoms with van der Waals surface area (Å²) in [7, 11) is 0. The van der Waals surface area contributed by atoms with Crippen LogP contribution in [0.5, 0.6) is 0 Å². The predicted octanol–water partition coefficient (Wildman–Crippen LogP) is 2.35. The fourth-order valence-electron chi connectivity index (χ4n) is 2.42. The van der Waals surface area contributed by atoms with Crippen molar-refractivity contribution in [2.45, 2.75) is 19.2 Å². The second-order valence-electron chi connectivity index (χ2n) is 4.63. The summed E-state index contributed by atoms with van der Waals surface area (Å²) in [5.74, 6) is 0. The number of hydrogen-bond acceptors (Lipinski definition) is 2. The molecule has 0 saturated heterocycles. The molecule has 3 heteroatoms. The quantitative estimate of drug-likeness (QED) is 0.890. The van der Waals surface area contributed by atoms with E-state index in [4.69, 9.17) is 4.74 Å². The van der Waals surface area contributed by atoms with Crippen molar-refractivity contribution < 1.29 is 4.74 Å². The van der Waals surface area contributed by atoms with Crippen LogP contribution in [0.25, 0.3) is 0 Å². The highest BCUT2D eigenvalue weighted by Gasteiger charge is 2.18. The van der Waals surface area contributed by atoms with Crippen molar-refractivity contribution in [2.75, 3.05) is 13.2 Å². The molecule has 0 spiro atoms. The van der Waals surface area contributed by atoms with E-state index in [1.807, 2.05) is 18.2 Å². The number of nitrogens with one attached hydrogen (secondary N) is 1. The Kier molecular flexibility index (Phi) is 3.44. The van der Waals surface area contributed by atoms with Crippen molar-refractivity contribution in [3.05, 3.63) is 59.9 Å². The van der Waals surface area contributed by atoms with Crippen LogP contribution in [0, 0.1) is 0 Å². The number of aromatic nitrogens is 1. The average Bonchev–Trinajstić information content (AvgIpc) is 2.89. The third-order valence-corrected chi connectivity index (χ3v) is 3.36. The van der Waals surface area contributed by atoms with Gasteiger partial charge in [-0.2, -0.15) is 0 Å². The molecule has 0 fully saturated rings. The molecule has 2 aromatic rings. The Morgan fingerprint density at radius 1 is 1.17 bits per heavy atom. The molecule has 1 aliphatic heterocycles. The number of fused-ring (bicyclic) bond motifs is 1. The van der Waals surface area contributed by atoms with E-state index >= 15 is 0 Å². The minimum absolute atomic E-state index is 0.317. The fraction of sp³-hybridized carbons (Fsp3) is 0.333. The summed E-state index contributed by atoms with van der Waals surface area (Å²) in [4.78, 5) is 0. The first-order chi connectivity index (χ1) is 8.93. The zero-order chi connectivity index (χ0) is 12.2. The molecule has 1 aromatic heterocycles. The predicted molar refractivity (Wildman–Crippen MR) is 71.3 cm³/mol. The zero-order valence-electron chi connectivity index (χ0n) is 10.4. The second-order valence-corrected chi connectivity index (χ2v) is 4.63. The van der Waals surface area contributed by atoms with Crippen LogP contribution in [-0.2, 0) is 17.9 Å². The summed E-state index contributed by atoms with van der Waals surface area (Å²) in [6, 6.07) is 14.9. The number of benzene rings is 1. The molecule has 0 aliphatic carbocycles. The molecule has 1 unspecified atom stereocenters. The van der Waals surface area contributed by atoms with Gasteiger partial charge in [0.05, 0.1) is 19.3 Å². The van der Waals surface area contributed by atoms with Gasteiger partial charge in [-0.15, -0.1) is 0 Å². The van der Waals surface area contributed by atoms with Crippen LogP contribution in [0.2, 0.25) is 0 Å². The van der Waals surface area contributed by atoms with Crippen molar-refractivity contribution in [1.29, 1.82) is 0 Å². The highest BCUT2D eigenvalue weighted by molar-refractivity contribution is 5.15. The summed E-state index contributed by atoms with van der Waals surface area (Å²) < 4.78 is 8.11. The molecule has 0 amide bonds. The Bertz CT molecular complexity index is 492. The highest BCUT2D eigenvalue weighted by atomic mass is 16.5. The minimum Gasteiger partial charge on any atom is -0.375 e. The maximum atomic E-state index is 5.81. The van der Waals surface area contributed by atoms with E-state index in [2.05, 4.69) is 40.3 Å². The van der Waals surface area contributed by atoms with Gasteiger partial charge < -0.3 is 14.6 Å². The Hall–Kier alpha value is -1.58. The molecule has 0 radical (unpaired) electrons. The molecule has 0 saturated carbocycles. The first kappa shape index (κ1) is 11.5. The minimum atomic E-state index is 0.317. The zero-order valence-corrected chi connectivity index (χ0v) is 10.4. The molecule has 1 N–H and O–H groups in total. The van der Waals surface area contributed by atoms with Gasteiger partial charge in [-0.25, -0.2) is 0 Å². The molecule has 3 nitrogen and oxygen atoms in total. The highest BCUT2D eigenvalue weighted by Crippen LogP contribution is 2.18. The van der Waals surface area contributed by atoms with Gasteiger partial charge >= 0.3 is 0 Å². The number of hydrogen-bond donors (Lipinski definition) is 1. The largest absolute Gasteiger partial charge is 0.375 e. The van der Waals surface area contributed by atoms with E-state index in [0.717, 1.165) is 19.7 Å². The maximum absolute atomic E-state index is 5.81. The molecule has 1 aromatic carbocycles. The summed E-state index contributed by atoms with van der Waals surface area (Å²) in [5.41, 5.74) is 2.55. The van der Waals surface area contributed by atoms with Crippen LogP contribution in [0.3, 0.4) is 0 Å². The lowest BCUT2D eigenvalue weighted by atomic mass is 10.2. The van der Waals surface area contributed by atoms with E-state index in [0.29, 0.717) is 12.6 Å². The molecule has 1 atom stereocenters. The molecule has 94 valence electrons. The maximum Gasteiger partial charge on any atom is 0.0717 e. The van der Waals surface area contributed by atoms with E-state index in [1.54, 1.807) is 0 Å². The van der Waals surface area contributed by atoms with Gasteiger partial charge in [-0.05, 0) is 17.7 Å². The van der Waals surface area contributed by atoms with Crippen LogP contribution >= 0.6 is 0 Å². The Morgan fingerprint density at radius 3 is 2.94 bits per heavy atom. The Balaban J connectivity index is 1.56. The first-order valence-corrected chi connectivity index (χ1v) is 6.43. The van der Waals surface area contributed by atoms with Crippen molar-refractivity contribution in [1.82, 2.24) is 9.88 Å². The fourth-order valence-corrected chi connectivity index (χ4v) is 2.42. The van der Waals surface area contributed by atoms with Gasteiger partial charge in [0.2, 0.25) is 0 Å². The van der Waals surface area contributed by atoms with Gasteiger partial charge in [0.15, 0.2) is 0 Å². The first-order valence-electron chi connectivity index (χ1n) is 6.43. The number of rotatable bonds is 4. The van der Waals surface area contributed by atoms with Crippen molar-refractivity contribution in [3.8, 4) is 0 Å². The van der Waals surface area contributed by atoms with Gasteiger partial charge in [0.25, 0.3) is 0 Å². The topological polar surface area (TPSA) is 26.2 Å². The van der Waals surface area contributed by atoms with Crippen LogP contribution in [-0.4, -0.2) is 17.7 Å². The second kappa shape index (κ2) is 5.38. The summed E-state index contributed by atoms with van der Waals surface area (Å²) in [6.07, 6.45) is 2.14. The average molecular weight is 242 g/mol. The lowest BCUT2D eigenvalue weighted by Crippen LogP contribution is -2.35. The van der Waals surface area contributed by atoms with Crippen LogP contribution in [0.4, 0.5) is 0 Å². The summed E-state index contributed by atoms with van der Waals surface area (Å²) >= 11 is 0. The molecule has 3 rings (SSSR count). The normalized spacial score (nSPS) is 18.6. The van der Waals surface area contributed by atoms with Gasteiger partial charge in [-0.3, -0.25) is 0 Å². The molecule has 0 bridgehead atoms. The van der Waals surface area contributed by atoms with Crippen molar-refractivity contribution in [3.63, 3.8) is 0 Å². The monoisotopic (exact) mass is 242 g/mol. The van der Waals surface area contributed by atoms with Crippen LogP contribution in [0.1, 0.15) is 17.3 Å². The Morgan fingerprint density at radius 2 is 2.06 bits per heavy atom. The SMILES string of the molecule is c1ccc(COCC2NCCn3cccc32)cc1. The van der Waals surface area contributed by atoms with Crippen LogP contribution in [0.15, 0.2) is 48.7 Å². The smallest absolute Gasteiger partial charge is 0.0717 e. The van der Waals surface area contributed by atoms with Gasteiger partial charge in [-0.1, -0.05) is 30.3 Å². The molecule has 2 heterocycles. The number of nitrogens with zero attached hydrogens (tertiary/aromatic N) is 1. The third kappa shape index (κ3) is 2.47. The third-order valence-electron chi connectivity index (χ3n) is 3.36. The van der Waals surface area contributed by atoms with Gasteiger partial charge in [0, 0.05) is 25.0 Å². The Labute approximate surface area is 107 Å². The van der Waals surface area contributed by atoms with Crippen molar-refractivity contribution >= 4 is 0 Å². The molecular formula is C15H18N2O. The van der Waals surface area contributed by atoms with E-state index in [1.165, 1.54) is 11.3 Å². The lowest BCUT2D eigenvalue weighted by Gasteiger charge is -2.26. The van der Waals surface area contributed by atoms with E-state index < -0.39 is 0 Å². The summed E-state index contributed by atoms with van der Waals surface area (Å²) in [5, 5.41) is 3.50. The van der Waals surface area contributed by atoms with E-state index in [-0.39, 0.29) is 0 Å². The number of ether oxygens (including phenoxy) is 1. The molecule has 18 heavy (non-hydrogen) atoms.